The van der Waals surface area contributed by atoms with Gasteiger partial charge in [0.2, 0.25) is 0 Å². The fraction of sp³-hybridized carbons (Fsp3) is 0.833. The number of hydrogen-bond donors (Lipinski definition) is 0. The Hall–Kier alpha value is -0.440. The molecule has 0 amide bonds. The van der Waals surface area contributed by atoms with E-state index in [1.54, 1.807) is 0 Å². The molecule has 0 atom stereocenters. The summed E-state index contributed by atoms with van der Waals surface area (Å²) in [6, 6.07) is 0. The van der Waals surface area contributed by atoms with Gasteiger partial charge in [-0.15, -0.1) is 0 Å². The Morgan fingerprint density at radius 1 is 0.750 bits per heavy atom. The monoisotopic (exact) mass is 361 g/mol. The van der Waals surface area contributed by atoms with Gasteiger partial charge in [-0.05, 0) is 28.2 Å². The molecule has 20 heavy (non-hydrogen) atoms. The van der Waals surface area contributed by atoms with Gasteiger partial charge in [0, 0.05) is 0 Å². The lowest BCUT2D eigenvalue weighted by atomic mass is 11.3. The Morgan fingerprint density at radius 2 is 1.00 bits per heavy atom. The molecule has 0 bridgehead atoms. The van der Waals surface area contributed by atoms with Crippen molar-refractivity contribution in [3.8, 4) is 0 Å². The lowest BCUT2D eigenvalue weighted by molar-refractivity contribution is -0.0428. The first-order valence-electron chi connectivity index (χ1n) is 4.54. The molecule has 0 radical (unpaired) electrons. The van der Waals surface area contributed by atoms with Gasteiger partial charge >= 0.3 is 5.51 Å². The number of nitrogens with zero attached hydrogens (tertiary/aromatic N) is 2. The van der Waals surface area contributed by atoms with Gasteiger partial charge in [0.15, 0.2) is 9.84 Å². The van der Waals surface area contributed by atoms with Crippen LogP contribution in [0, 0.1) is 3.91 Å². The summed E-state index contributed by atoms with van der Waals surface area (Å²) in [6.07, 6.45) is 0. The number of halogens is 3. The maximum absolute atomic E-state index is 12.5. The Bertz CT molecular complexity index is 623. The molecule has 0 rings (SSSR count). The highest BCUT2D eigenvalue weighted by Gasteiger charge is 2.52. The lowest BCUT2D eigenvalue weighted by Crippen LogP contribution is -2.46. The smallest absolute Gasteiger partial charge is 0.251 e. The number of sulfonamides is 2. The highest BCUT2D eigenvalue weighted by Crippen LogP contribution is 2.39. The van der Waals surface area contributed by atoms with Gasteiger partial charge in [-0.25, -0.2) is 25.4 Å². The highest BCUT2D eigenvalue weighted by atomic mass is 32.3. The molecule has 14 heteroatoms. The van der Waals surface area contributed by atoms with Crippen LogP contribution >= 0.6 is 0 Å². The number of rotatable bonds is 5. The predicted octanol–water partition coefficient (Wildman–Crippen LogP) is -0.849. The lowest BCUT2D eigenvalue weighted by Gasteiger charge is -2.34. The number of alkyl halides is 3. The van der Waals surface area contributed by atoms with Gasteiger partial charge in [0.25, 0.3) is 0 Å². The summed E-state index contributed by atoms with van der Waals surface area (Å²) >= 11 is 0. The van der Waals surface area contributed by atoms with Gasteiger partial charge in [-0.1, -0.05) is 0 Å². The van der Waals surface area contributed by atoms with Crippen LogP contribution in [0.1, 0.15) is 0 Å². The SMILES string of the molecule is CN(C)S(=O)(=O)[C-](S(=O)(=O)N(C)C)S(=O)(=O)C(F)(F)F. The minimum Gasteiger partial charge on any atom is -0.251 e. The van der Waals surface area contributed by atoms with Crippen LogP contribution in [0.15, 0.2) is 0 Å². The molecule has 0 aliphatic carbocycles. The Labute approximate surface area is 115 Å². The van der Waals surface area contributed by atoms with E-state index in [0.29, 0.717) is 28.2 Å². The van der Waals surface area contributed by atoms with Crippen LogP contribution in [0.4, 0.5) is 13.2 Å². The molecule has 122 valence electrons. The molecule has 0 aliphatic rings. The highest BCUT2D eigenvalue weighted by molar-refractivity contribution is 8.27. The molecule has 0 aromatic rings. The van der Waals surface area contributed by atoms with Gasteiger partial charge in [-0.3, -0.25) is 8.42 Å². The molecule has 0 aliphatic heterocycles. The van der Waals surface area contributed by atoms with Crippen LogP contribution in [-0.4, -0.2) is 67.6 Å². The van der Waals surface area contributed by atoms with Gasteiger partial charge < -0.3 is 0 Å². The molecular formula is C6H12F3N2O6S3-. The van der Waals surface area contributed by atoms with E-state index >= 15 is 0 Å². The van der Waals surface area contributed by atoms with Crippen LogP contribution in [0.5, 0.6) is 0 Å². The fourth-order valence-electron chi connectivity index (χ4n) is 0.803. The molecule has 0 saturated heterocycles. The van der Waals surface area contributed by atoms with Gasteiger partial charge in [0.05, 0.1) is 3.91 Å². The third-order valence-corrected chi connectivity index (χ3v) is 9.56. The zero-order valence-electron chi connectivity index (χ0n) is 10.7. The van der Waals surface area contributed by atoms with Crippen molar-refractivity contribution < 1.29 is 38.4 Å². The van der Waals surface area contributed by atoms with Gasteiger partial charge in [-0.2, -0.15) is 13.2 Å². The maximum Gasteiger partial charge on any atom is 0.470 e. The summed E-state index contributed by atoms with van der Waals surface area (Å²) in [7, 11) is -14.5. The van der Waals surface area contributed by atoms with Crippen molar-refractivity contribution in [2.45, 2.75) is 5.51 Å². The number of hydrogen-bond acceptors (Lipinski definition) is 6. The zero-order chi connectivity index (χ0) is 16.7. The van der Waals surface area contributed by atoms with E-state index in [-0.39, 0.29) is 8.61 Å². The summed E-state index contributed by atoms with van der Waals surface area (Å²) in [6.45, 7) is 0. The first-order valence-corrected chi connectivity index (χ1v) is 8.90. The summed E-state index contributed by atoms with van der Waals surface area (Å²) in [5, 5.41) is 0. The number of sulfone groups is 1. The fourth-order valence-corrected chi connectivity index (χ4v) is 7.23. The standard InChI is InChI=1S/C6H12F3N2O6S3/c1-10(2)19(14,15)5(20(16,17)11(3)4)18(12,13)6(7,8)9/h1-4H3/q-1. The molecule has 0 spiro atoms. The summed E-state index contributed by atoms with van der Waals surface area (Å²) in [5.41, 5.74) is -6.07. The summed E-state index contributed by atoms with van der Waals surface area (Å²) in [5.74, 6) is 0. The second kappa shape index (κ2) is 5.40. The minimum atomic E-state index is -6.59. The average molecular weight is 361 g/mol. The van der Waals surface area contributed by atoms with Crippen molar-refractivity contribution in [1.82, 2.24) is 8.61 Å². The van der Waals surface area contributed by atoms with E-state index in [1.807, 2.05) is 0 Å². The van der Waals surface area contributed by atoms with Crippen molar-refractivity contribution in [3.63, 3.8) is 0 Å². The van der Waals surface area contributed by atoms with E-state index in [0.717, 1.165) is 0 Å². The average Bonchev–Trinajstić information content (AvgIpc) is 2.13. The van der Waals surface area contributed by atoms with E-state index in [9.17, 15) is 38.4 Å². The van der Waals surface area contributed by atoms with E-state index in [2.05, 4.69) is 0 Å². The summed E-state index contributed by atoms with van der Waals surface area (Å²) < 4.78 is 104. The second-order valence-corrected chi connectivity index (χ2v) is 10.6. The molecule has 0 aromatic heterocycles. The minimum absolute atomic E-state index is 0.0622. The van der Waals surface area contributed by atoms with Crippen LogP contribution in [-0.2, 0) is 29.9 Å². The van der Waals surface area contributed by atoms with E-state index in [4.69, 9.17) is 0 Å². The molecule has 8 nitrogen and oxygen atoms in total. The Kier molecular flexibility index (Phi) is 5.28. The van der Waals surface area contributed by atoms with Crippen molar-refractivity contribution in [3.05, 3.63) is 3.91 Å². The quantitative estimate of drug-likeness (QED) is 0.590. The van der Waals surface area contributed by atoms with E-state index < -0.39 is 39.3 Å². The largest absolute Gasteiger partial charge is 0.470 e. The van der Waals surface area contributed by atoms with Crippen LogP contribution in [0.25, 0.3) is 0 Å². The van der Waals surface area contributed by atoms with Crippen LogP contribution in [0.3, 0.4) is 0 Å². The zero-order valence-corrected chi connectivity index (χ0v) is 13.2. The topological polar surface area (TPSA) is 109 Å². The molecule has 0 fully saturated rings. The normalized spacial score (nSPS) is 15.3. The third-order valence-electron chi connectivity index (χ3n) is 1.91. The first-order chi connectivity index (χ1) is 8.50. The van der Waals surface area contributed by atoms with Crippen molar-refractivity contribution in [1.29, 1.82) is 0 Å². The van der Waals surface area contributed by atoms with Crippen molar-refractivity contribution in [2.75, 3.05) is 28.2 Å². The second-order valence-electron chi connectivity index (χ2n) is 3.77. The molecule has 0 unspecified atom stereocenters. The first kappa shape index (κ1) is 19.6. The molecular weight excluding hydrogens is 349 g/mol. The molecule has 0 N–H and O–H groups in total. The Balaban J connectivity index is 6.64. The summed E-state index contributed by atoms with van der Waals surface area (Å²) in [4.78, 5) is 0. The van der Waals surface area contributed by atoms with Crippen LogP contribution in [0.2, 0.25) is 0 Å². The van der Waals surface area contributed by atoms with E-state index in [1.165, 1.54) is 0 Å². The molecule has 0 aromatic carbocycles. The van der Waals surface area contributed by atoms with Crippen molar-refractivity contribution in [2.24, 2.45) is 0 Å². The van der Waals surface area contributed by atoms with Crippen LogP contribution < -0.4 is 0 Å². The predicted molar refractivity (Wildman–Crippen MR) is 63.4 cm³/mol. The van der Waals surface area contributed by atoms with Crippen molar-refractivity contribution >= 4 is 29.9 Å². The maximum atomic E-state index is 12.5. The third kappa shape index (κ3) is 3.24. The molecule has 0 heterocycles. The Morgan fingerprint density at radius 3 is 1.15 bits per heavy atom. The van der Waals surface area contributed by atoms with Gasteiger partial charge in [0.1, 0.15) is 20.0 Å². The molecule has 0 saturated carbocycles.